The van der Waals surface area contributed by atoms with Crippen LogP contribution in [0.5, 0.6) is 0 Å². The van der Waals surface area contributed by atoms with Crippen molar-refractivity contribution >= 4 is 39.4 Å². The number of amides is 1. The molecule has 0 bridgehead atoms. The van der Waals surface area contributed by atoms with E-state index in [0.717, 1.165) is 10.0 Å². The second-order valence-electron chi connectivity index (χ2n) is 4.31. The van der Waals surface area contributed by atoms with Crippen LogP contribution in [0.25, 0.3) is 0 Å². The van der Waals surface area contributed by atoms with Crippen LogP contribution in [-0.4, -0.2) is 17.0 Å². The average molecular weight is 369 g/mol. The number of carbonyl (C=O) groups is 2. The lowest BCUT2D eigenvalue weighted by molar-refractivity contribution is 0.0696. The van der Waals surface area contributed by atoms with Crippen LogP contribution in [0.15, 0.2) is 46.9 Å². The summed E-state index contributed by atoms with van der Waals surface area (Å²) in [6.45, 7) is 0.297. The molecule has 108 valence electrons. The Kier molecular flexibility index (Phi) is 4.98. The molecule has 0 aliphatic heterocycles. The monoisotopic (exact) mass is 367 g/mol. The molecular formula is C15H11BrClNO3. The molecule has 2 rings (SSSR count). The molecular weight excluding hydrogens is 358 g/mol. The average Bonchev–Trinajstić information content (AvgIpc) is 2.45. The zero-order valence-corrected chi connectivity index (χ0v) is 13.1. The minimum absolute atomic E-state index is 0.209. The van der Waals surface area contributed by atoms with Crippen LogP contribution in [0.1, 0.15) is 26.3 Å². The van der Waals surface area contributed by atoms with Gasteiger partial charge in [0.2, 0.25) is 0 Å². The van der Waals surface area contributed by atoms with E-state index in [4.69, 9.17) is 16.7 Å². The minimum Gasteiger partial charge on any atom is -0.478 e. The summed E-state index contributed by atoms with van der Waals surface area (Å²) < 4.78 is 0.799. The van der Waals surface area contributed by atoms with E-state index in [-0.39, 0.29) is 11.5 Å². The van der Waals surface area contributed by atoms with Gasteiger partial charge in [0.15, 0.2) is 0 Å². The molecule has 0 aromatic heterocycles. The maximum absolute atomic E-state index is 12.0. The molecule has 0 spiro atoms. The summed E-state index contributed by atoms with van der Waals surface area (Å²) in [6, 6.07) is 11.3. The van der Waals surface area contributed by atoms with Gasteiger partial charge in [-0.1, -0.05) is 39.7 Å². The maximum Gasteiger partial charge on any atom is 0.335 e. The first-order valence-corrected chi connectivity index (χ1v) is 7.20. The fourth-order valence-electron chi connectivity index (χ4n) is 1.72. The summed E-state index contributed by atoms with van der Waals surface area (Å²) in [5.74, 6) is -1.26. The highest BCUT2D eigenvalue weighted by Gasteiger charge is 2.10. The van der Waals surface area contributed by atoms with Crippen LogP contribution < -0.4 is 5.32 Å². The Morgan fingerprint density at radius 3 is 2.38 bits per heavy atom. The van der Waals surface area contributed by atoms with Gasteiger partial charge in [-0.3, -0.25) is 4.79 Å². The van der Waals surface area contributed by atoms with Crippen LogP contribution in [0, 0.1) is 0 Å². The number of carbonyl (C=O) groups excluding carboxylic acids is 1. The van der Waals surface area contributed by atoms with Crippen LogP contribution >= 0.6 is 27.5 Å². The van der Waals surface area contributed by atoms with Crippen molar-refractivity contribution in [2.24, 2.45) is 0 Å². The molecule has 2 aromatic rings. The van der Waals surface area contributed by atoms with Crippen LogP contribution in [0.2, 0.25) is 5.02 Å². The number of hydrogen-bond acceptors (Lipinski definition) is 2. The van der Waals surface area contributed by atoms with Gasteiger partial charge in [0.1, 0.15) is 0 Å². The standard InChI is InChI=1S/C15H11BrClNO3/c16-11-5-6-12(13(17)7-11)14(19)18-8-9-1-3-10(4-2-9)15(20)21/h1-7H,8H2,(H,18,19)(H,20,21). The SMILES string of the molecule is O=C(O)c1ccc(CNC(=O)c2ccc(Br)cc2Cl)cc1. The Hall–Kier alpha value is -1.85. The second kappa shape index (κ2) is 6.74. The van der Waals surface area contributed by atoms with Crippen LogP contribution in [-0.2, 0) is 6.54 Å². The number of carboxylic acids is 1. The second-order valence-corrected chi connectivity index (χ2v) is 5.63. The number of carboxylic acid groups (broad SMARTS) is 1. The molecule has 0 saturated heterocycles. The molecule has 0 radical (unpaired) electrons. The molecule has 4 nitrogen and oxygen atoms in total. The van der Waals surface area contributed by atoms with Gasteiger partial charge in [-0.05, 0) is 35.9 Å². The highest BCUT2D eigenvalue weighted by atomic mass is 79.9. The van der Waals surface area contributed by atoms with E-state index in [1.54, 1.807) is 30.3 Å². The smallest absolute Gasteiger partial charge is 0.335 e. The van der Waals surface area contributed by atoms with Crippen molar-refractivity contribution in [2.75, 3.05) is 0 Å². The van der Waals surface area contributed by atoms with Crippen molar-refractivity contribution in [3.8, 4) is 0 Å². The van der Waals surface area contributed by atoms with E-state index in [0.29, 0.717) is 17.1 Å². The third kappa shape index (κ3) is 4.06. The van der Waals surface area contributed by atoms with E-state index in [1.807, 2.05) is 0 Å². The zero-order valence-electron chi connectivity index (χ0n) is 10.8. The minimum atomic E-state index is -0.979. The van der Waals surface area contributed by atoms with Crippen molar-refractivity contribution in [1.29, 1.82) is 0 Å². The summed E-state index contributed by atoms with van der Waals surface area (Å²) in [5, 5.41) is 11.9. The molecule has 0 atom stereocenters. The summed E-state index contributed by atoms with van der Waals surface area (Å²) in [6.07, 6.45) is 0. The highest BCUT2D eigenvalue weighted by molar-refractivity contribution is 9.10. The Morgan fingerprint density at radius 1 is 1.14 bits per heavy atom. The van der Waals surface area contributed by atoms with Gasteiger partial charge in [-0.15, -0.1) is 0 Å². The molecule has 0 fully saturated rings. The molecule has 2 N–H and O–H groups in total. The lowest BCUT2D eigenvalue weighted by Crippen LogP contribution is -2.23. The molecule has 6 heteroatoms. The van der Waals surface area contributed by atoms with Crippen molar-refractivity contribution in [2.45, 2.75) is 6.54 Å². The summed E-state index contributed by atoms with van der Waals surface area (Å²) in [5.41, 5.74) is 1.41. The van der Waals surface area contributed by atoms with Gasteiger partial charge in [0.25, 0.3) is 5.91 Å². The van der Waals surface area contributed by atoms with Gasteiger partial charge in [0, 0.05) is 11.0 Å². The van der Waals surface area contributed by atoms with Gasteiger partial charge in [-0.2, -0.15) is 0 Å². The molecule has 2 aromatic carbocycles. The quantitative estimate of drug-likeness (QED) is 0.864. The lowest BCUT2D eigenvalue weighted by Gasteiger charge is -2.07. The zero-order chi connectivity index (χ0) is 15.4. The lowest BCUT2D eigenvalue weighted by atomic mass is 10.1. The van der Waals surface area contributed by atoms with E-state index < -0.39 is 5.97 Å². The van der Waals surface area contributed by atoms with Crippen molar-refractivity contribution < 1.29 is 14.7 Å². The highest BCUT2D eigenvalue weighted by Crippen LogP contribution is 2.21. The molecule has 0 aliphatic carbocycles. The Bertz CT molecular complexity index is 686. The molecule has 21 heavy (non-hydrogen) atoms. The predicted molar refractivity (Wildman–Crippen MR) is 83.7 cm³/mol. The van der Waals surface area contributed by atoms with Gasteiger partial charge in [0.05, 0.1) is 16.1 Å². The first-order chi connectivity index (χ1) is 9.97. The summed E-state index contributed by atoms with van der Waals surface area (Å²) >= 11 is 9.28. The molecule has 0 unspecified atom stereocenters. The number of rotatable bonds is 4. The molecule has 1 amide bonds. The van der Waals surface area contributed by atoms with Gasteiger partial charge in [-0.25, -0.2) is 4.79 Å². The van der Waals surface area contributed by atoms with Crippen LogP contribution in [0.4, 0.5) is 0 Å². The summed E-state index contributed by atoms with van der Waals surface area (Å²) in [7, 11) is 0. The van der Waals surface area contributed by atoms with E-state index in [1.165, 1.54) is 12.1 Å². The van der Waals surface area contributed by atoms with E-state index in [9.17, 15) is 9.59 Å². The first-order valence-electron chi connectivity index (χ1n) is 6.03. The van der Waals surface area contributed by atoms with E-state index >= 15 is 0 Å². The number of halogens is 2. The number of hydrogen-bond donors (Lipinski definition) is 2. The number of nitrogens with one attached hydrogen (secondary N) is 1. The van der Waals surface area contributed by atoms with Gasteiger partial charge < -0.3 is 10.4 Å². The van der Waals surface area contributed by atoms with Crippen LogP contribution in [0.3, 0.4) is 0 Å². The maximum atomic E-state index is 12.0. The summed E-state index contributed by atoms with van der Waals surface area (Å²) in [4.78, 5) is 22.8. The number of benzene rings is 2. The normalized spacial score (nSPS) is 10.2. The van der Waals surface area contributed by atoms with E-state index in [2.05, 4.69) is 21.2 Å². The molecule has 0 heterocycles. The largest absolute Gasteiger partial charge is 0.478 e. The molecule has 0 saturated carbocycles. The third-order valence-electron chi connectivity index (χ3n) is 2.83. The van der Waals surface area contributed by atoms with Crippen molar-refractivity contribution in [3.63, 3.8) is 0 Å². The van der Waals surface area contributed by atoms with Crippen molar-refractivity contribution in [1.82, 2.24) is 5.32 Å². The Morgan fingerprint density at radius 2 is 1.81 bits per heavy atom. The first kappa shape index (κ1) is 15.5. The Labute approximate surface area is 134 Å². The Balaban J connectivity index is 2.02. The predicted octanol–water partition coefficient (Wildman–Crippen LogP) is 3.73. The fourth-order valence-corrected chi connectivity index (χ4v) is 2.48. The topological polar surface area (TPSA) is 66.4 Å². The number of aromatic carboxylic acids is 1. The fraction of sp³-hybridized carbons (Fsp3) is 0.0667. The van der Waals surface area contributed by atoms with Gasteiger partial charge >= 0.3 is 5.97 Å². The van der Waals surface area contributed by atoms with Crippen molar-refractivity contribution in [3.05, 3.63) is 68.7 Å². The molecule has 0 aliphatic rings. The third-order valence-corrected chi connectivity index (χ3v) is 3.64.